The Kier molecular flexibility index (Phi) is 8.45. The van der Waals surface area contributed by atoms with Gasteiger partial charge in [0.2, 0.25) is 0 Å². The van der Waals surface area contributed by atoms with Crippen LogP contribution in [-0.4, -0.2) is 59.8 Å². The van der Waals surface area contributed by atoms with Crippen LogP contribution in [0.25, 0.3) is 21.9 Å². The van der Waals surface area contributed by atoms with Gasteiger partial charge >= 0.3 is 12.1 Å². The molecule has 1 saturated heterocycles. The van der Waals surface area contributed by atoms with Crippen LogP contribution in [0.3, 0.4) is 0 Å². The molecular formula is C26H32N6O3. The van der Waals surface area contributed by atoms with Gasteiger partial charge in [0.05, 0.1) is 0 Å². The Hall–Kier alpha value is -3.72. The molecule has 1 fully saturated rings. The average molecular weight is 477 g/mol. The Morgan fingerprint density at radius 3 is 2.60 bits per heavy atom. The Labute approximate surface area is 205 Å². The number of anilines is 1. The highest BCUT2D eigenvalue weighted by Gasteiger charge is 2.13. The fourth-order valence-corrected chi connectivity index (χ4v) is 4.29. The van der Waals surface area contributed by atoms with Gasteiger partial charge < -0.3 is 15.4 Å². The lowest BCUT2D eigenvalue weighted by Gasteiger charge is -2.25. The van der Waals surface area contributed by atoms with Crippen molar-refractivity contribution in [1.29, 1.82) is 0 Å². The summed E-state index contributed by atoms with van der Waals surface area (Å²) in [6, 6.07) is 9.39. The number of hydrogen-bond acceptors (Lipinski definition) is 6. The van der Waals surface area contributed by atoms with Gasteiger partial charge in [0, 0.05) is 43.6 Å². The maximum absolute atomic E-state index is 12.3. The molecule has 3 amide bonds. The van der Waals surface area contributed by atoms with Crippen LogP contribution in [0.15, 0.2) is 48.9 Å². The number of benzene rings is 1. The third-order valence-corrected chi connectivity index (χ3v) is 6.07. The summed E-state index contributed by atoms with van der Waals surface area (Å²) < 4.78 is 5.39. The SMILES string of the molecule is CCNC(=O)Nc1cc2c(-c3ccncc3)ccc(CNC(=O)OCCN3CCCCC3)c2cn1. The molecule has 0 radical (unpaired) electrons. The van der Waals surface area contributed by atoms with Crippen LogP contribution >= 0.6 is 0 Å². The molecule has 9 nitrogen and oxygen atoms in total. The van der Waals surface area contributed by atoms with E-state index in [9.17, 15) is 9.59 Å². The normalized spacial score (nSPS) is 13.9. The molecule has 35 heavy (non-hydrogen) atoms. The number of urea groups is 1. The van der Waals surface area contributed by atoms with E-state index < -0.39 is 6.09 Å². The standard InChI is InChI=1S/C26H32N6O3/c1-2-28-25(33)31-24-16-22-21(19-8-10-27-11-9-19)7-6-20(23(22)18-29-24)17-30-26(34)35-15-14-32-12-4-3-5-13-32/h6-11,16,18H,2-5,12-15,17H2,1H3,(H,30,34)(H2,28,29,31,33). The molecule has 0 aliphatic carbocycles. The number of aromatic nitrogens is 2. The molecule has 1 aliphatic heterocycles. The fraction of sp³-hybridized carbons (Fsp3) is 0.385. The summed E-state index contributed by atoms with van der Waals surface area (Å²) in [7, 11) is 0. The number of amides is 3. The van der Waals surface area contributed by atoms with Crippen molar-refractivity contribution in [3.8, 4) is 11.1 Å². The predicted octanol–water partition coefficient (Wildman–Crippen LogP) is 4.15. The topological polar surface area (TPSA) is 108 Å². The Balaban J connectivity index is 1.48. The molecule has 4 rings (SSSR count). The van der Waals surface area contributed by atoms with Gasteiger partial charge in [-0.25, -0.2) is 14.6 Å². The average Bonchev–Trinajstić information content (AvgIpc) is 2.88. The van der Waals surface area contributed by atoms with Gasteiger partial charge in [-0.3, -0.25) is 15.2 Å². The summed E-state index contributed by atoms with van der Waals surface area (Å²) in [6.45, 7) is 5.97. The van der Waals surface area contributed by atoms with Crippen molar-refractivity contribution in [3.63, 3.8) is 0 Å². The van der Waals surface area contributed by atoms with E-state index in [0.29, 0.717) is 25.5 Å². The van der Waals surface area contributed by atoms with Crippen molar-refractivity contribution >= 4 is 28.7 Å². The van der Waals surface area contributed by atoms with Crippen LogP contribution in [0, 0.1) is 0 Å². The number of fused-ring (bicyclic) bond motifs is 1. The third-order valence-electron chi connectivity index (χ3n) is 6.07. The van der Waals surface area contributed by atoms with Gasteiger partial charge in [-0.15, -0.1) is 0 Å². The summed E-state index contributed by atoms with van der Waals surface area (Å²) in [5, 5.41) is 10.1. The Morgan fingerprint density at radius 2 is 1.83 bits per heavy atom. The van der Waals surface area contributed by atoms with Crippen LogP contribution in [0.2, 0.25) is 0 Å². The summed E-state index contributed by atoms with van der Waals surface area (Å²) in [4.78, 5) is 35.2. The second-order valence-electron chi connectivity index (χ2n) is 8.50. The van der Waals surface area contributed by atoms with E-state index >= 15 is 0 Å². The van der Waals surface area contributed by atoms with Crippen molar-refractivity contribution in [2.75, 3.05) is 38.1 Å². The van der Waals surface area contributed by atoms with E-state index in [1.165, 1.54) is 19.3 Å². The molecule has 0 saturated carbocycles. The fourth-order valence-electron chi connectivity index (χ4n) is 4.29. The summed E-state index contributed by atoms with van der Waals surface area (Å²) >= 11 is 0. The Morgan fingerprint density at radius 1 is 1.03 bits per heavy atom. The number of rotatable bonds is 8. The molecule has 0 unspecified atom stereocenters. The molecule has 184 valence electrons. The highest BCUT2D eigenvalue weighted by molar-refractivity contribution is 6.00. The van der Waals surface area contributed by atoms with E-state index in [2.05, 4.69) is 30.8 Å². The molecular weight excluding hydrogens is 444 g/mol. The number of likely N-dealkylation sites (tertiary alicyclic amines) is 1. The number of piperidine rings is 1. The van der Waals surface area contributed by atoms with Crippen LogP contribution in [-0.2, 0) is 11.3 Å². The molecule has 1 aliphatic rings. The summed E-state index contributed by atoms with van der Waals surface area (Å²) in [5.74, 6) is 0.445. The van der Waals surface area contributed by atoms with Crippen molar-refractivity contribution < 1.29 is 14.3 Å². The molecule has 2 aromatic heterocycles. The van der Waals surface area contributed by atoms with Crippen LogP contribution in [0.5, 0.6) is 0 Å². The van der Waals surface area contributed by atoms with E-state index in [1.807, 2.05) is 37.3 Å². The first-order valence-electron chi connectivity index (χ1n) is 12.1. The maximum atomic E-state index is 12.3. The molecule has 3 heterocycles. The maximum Gasteiger partial charge on any atom is 0.407 e. The zero-order valence-electron chi connectivity index (χ0n) is 20.0. The predicted molar refractivity (Wildman–Crippen MR) is 136 cm³/mol. The smallest absolute Gasteiger partial charge is 0.407 e. The molecule has 3 N–H and O–H groups in total. The van der Waals surface area contributed by atoms with Crippen LogP contribution in [0.4, 0.5) is 15.4 Å². The lowest BCUT2D eigenvalue weighted by atomic mass is 9.96. The third kappa shape index (κ3) is 6.66. The minimum Gasteiger partial charge on any atom is -0.448 e. The number of carbonyl (C=O) groups is 2. The van der Waals surface area contributed by atoms with E-state index in [-0.39, 0.29) is 6.03 Å². The summed E-state index contributed by atoms with van der Waals surface area (Å²) in [6.07, 6.45) is 8.48. The lowest BCUT2D eigenvalue weighted by molar-refractivity contribution is 0.120. The highest BCUT2D eigenvalue weighted by Crippen LogP contribution is 2.31. The Bertz CT molecular complexity index is 1150. The molecule has 0 atom stereocenters. The minimum absolute atomic E-state index is 0.306. The number of ether oxygens (including phenoxy) is 1. The number of carbonyl (C=O) groups excluding carboxylic acids is 2. The van der Waals surface area contributed by atoms with Crippen molar-refractivity contribution in [3.05, 3.63) is 54.5 Å². The van der Waals surface area contributed by atoms with E-state index in [0.717, 1.165) is 47.1 Å². The second kappa shape index (κ2) is 12.1. The first-order valence-corrected chi connectivity index (χ1v) is 12.1. The van der Waals surface area contributed by atoms with Crippen molar-refractivity contribution in [2.45, 2.75) is 32.7 Å². The number of nitrogens with one attached hydrogen (secondary N) is 3. The van der Waals surface area contributed by atoms with Crippen molar-refractivity contribution in [2.24, 2.45) is 0 Å². The molecule has 1 aromatic carbocycles. The molecule has 3 aromatic rings. The zero-order chi connectivity index (χ0) is 24.5. The number of hydrogen-bond donors (Lipinski definition) is 3. The molecule has 0 spiro atoms. The van der Waals surface area contributed by atoms with Gasteiger partial charge in [0.25, 0.3) is 0 Å². The van der Waals surface area contributed by atoms with Gasteiger partial charge in [0.1, 0.15) is 12.4 Å². The quantitative estimate of drug-likeness (QED) is 0.451. The first kappa shape index (κ1) is 24.4. The molecule has 9 heteroatoms. The van der Waals surface area contributed by atoms with Crippen LogP contribution < -0.4 is 16.0 Å². The van der Waals surface area contributed by atoms with E-state index in [4.69, 9.17) is 4.74 Å². The minimum atomic E-state index is -0.434. The summed E-state index contributed by atoms with van der Waals surface area (Å²) in [5.41, 5.74) is 2.89. The highest BCUT2D eigenvalue weighted by atomic mass is 16.5. The van der Waals surface area contributed by atoms with Crippen molar-refractivity contribution in [1.82, 2.24) is 25.5 Å². The lowest BCUT2D eigenvalue weighted by Crippen LogP contribution is -2.34. The van der Waals surface area contributed by atoms with Gasteiger partial charge in [0.15, 0.2) is 0 Å². The second-order valence-corrected chi connectivity index (χ2v) is 8.50. The van der Waals surface area contributed by atoms with Crippen LogP contribution in [0.1, 0.15) is 31.7 Å². The first-order chi connectivity index (χ1) is 17.1. The monoisotopic (exact) mass is 476 g/mol. The number of pyridine rings is 2. The van der Waals surface area contributed by atoms with Gasteiger partial charge in [-0.05, 0) is 73.1 Å². The molecule has 0 bridgehead atoms. The zero-order valence-corrected chi connectivity index (χ0v) is 20.0. The van der Waals surface area contributed by atoms with Gasteiger partial charge in [-0.2, -0.15) is 0 Å². The number of nitrogens with zero attached hydrogens (tertiary/aromatic N) is 3. The largest absolute Gasteiger partial charge is 0.448 e. The number of alkyl carbamates (subject to hydrolysis) is 1. The van der Waals surface area contributed by atoms with Gasteiger partial charge in [-0.1, -0.05) is 18.6 Å². The van der Waals surface area contributed by atoms with E-state index in [1.54, 1.807) is 18.6 Å².